The number of aromatic nitrogens is 1. The number of aryl methyl sites for hydroxylation is 1. The van der Waals surface area contributed by atoms with Gasteiger partial charge < -0.3 is 14.9 Å². The van der Waals surface area contributed by atoms with Crippen molar-refractivity contribution in [2.75, 3.05) is 5.32 Å². The zero-order valence-corrected chi connectivity index (χ0v) is 20.9. The summed E-state index contributed by atoms with van der Waals surface area (Å²) in [6.45, 7) is 1.63. The predicted molar refractivity (Wildman–Crippen MR) is 136 cm³/mol. The van der Waals surface area contributed by atoms with Crippen LogP contribution in [0.3, 0.4) is 0 Å². The summed E-state index contributed by atoms with van der Waals surface area (Å²) in [6.07, 6.45) is -3.39. The molecule has 1 unspecified atom stereocenters. The van der Waals surface area contributed by atoms with E-state index in [1.165, 1.54) is 18.2 Å². The molecule has 1 aliphatic carbocycles. The van der Waals surface area contributed by atoms with Crippen LogP contribution in [0.15, 0.2) is 76.0 Å². The van der Waals surface area contributed by atoms with Crippen LogP contribution in [0.2, 0.25) is 5.02 Å². The van der Waals surface area contributed by atoms with E-state index in [1.807, 2.05) is 6.07 Å². The maximum absolute atomic E-state index is 13.7. The van der Waals surface area contributed by atoms with Crippen LogP contribution < -0.4 is 10.9 Å². The largest absolute Gasteiger partial charge is 0.416 e. The molecule has 196 valence electrons. The first-order valence-corrected chi connectivity index (χ1v) is 12.2. The Hall–Kier alpha value is -3.69. The average Bonchev–Trinajstić information content (AvgIpc) is 3.66. The van der Waals surface area contributed by atoms with Crippen molar-refractivity contribution in [2.24, 2.45) is 0 Å². The van der Waals surface area contributed by atoms with Crippen LogP contribution in [0.5, 0.6) is 0 Å². The lowest BCUT2D eigenvalue weighted by atomic mass is 9.78. The Morgan fingerprint density at radius 2 is 1.71 bits per heavy atom. The van der Waals surface area contributed by atoms with Crippen molar-refractivity contribution in [3.05, 3.63) is 105 Å². The number of rotatable bonds is 6. The van der Waals surface area contributed by atoms with E-state index in [9.17, 15) is 27.9 Å². The zero-order valence-electron chi connectivity index (χ0n) is 20.1. The standard InChI is InChI=1S/C28H22ClF3N2O4/c1-16-21-14-19(10-11-20(21)24(35)38-34-16)33-25(36)27(37,17-6-8-18(9-7-17)28(30,31)32)15-26(12-13-26)22-4-2-3-5-23(22)29/h2-11,14,37H,12-13,15H2,1H3,(H,33,36). The first-order chi connectivity index (χ1) is 17.9. The number of carbonyl (C=O) groups is 1. The average molecular weight is 543 g/mol. The van der Waals surface area contributed by atoms with E-state index in [1.54, 1.807) is 25.1 Å². The number of alkyl halides is 3. The first-order valence-electron chi connectivity index (χ1n) is 11.8. The van der Waals surface area contributed by atoms with Crippen molar-refractivity contribution in [1.29, 1.82) is 0 Å². The van der Waals surface area contributed by atoms with E-state index in [2.05, 4.69) is 10.5 Å². The third-order valence-corrected chi connectivity index (χ3v) is 7.44. The molecule has 1 atom stereocenters. The van der Waals surface area contributed by atoms with Gasteiger partial charge in [0.15, 0.2) is 5.60 Å². The van der Waals surface area contributed by atoms with Gasteiger partial charge >= 0.3 is 11.8 Å². The second-order valence-corrected chi connectivity index (χ2v) is 10.0. The van der Waals surface area contributed by atoms with Crippen LogP contribution in [0.25, 0.3) is 10.8 Å². The van der Waals surface area contributed by atoms with E-state index in [0.29, 0.717) is 28.9 Å². The van der Waals surface area contributed by atoms with Gasteiger partial charge in [-0.1, -0.05) is 47.1 Å². The molecule has 0 aliphatic heterocycles. The number of fused-ring (bicyclic) bond motifs is 1. The molecule has 4 aromatic rings. The van der Waals surface area contributed by atoms with Gasteiger partial charge in [0.2, 0.25) is 0 Å². The highest BCUT2D eigenvalue weighted by molar-refractivity contribution is 6.31. The molecule has 6 nitrogen and oxygen atoms in total. The number of amides is 1. The van der Waals surface area contributed by atoms with Crippen LogP contribution in [0, 0.1) is 6.92 Å². The lowest BCUT2D eigenvalue weighted by Gasteiger charge is -2.32. The Bertz CT molecular complexity index is 1600. The van der Waals surface area contributed by atoms with Gasteiger partial charge in [-0.2, -0.15) is 13.2 Å². The molecule has 38 heavy (non-hydrogen) atoms. The third-order valence-electron chi connectivity index (χ3n) is 7.11. The van der Waals surface area contributed by atoms with Gasteiger partial charge in [-0.15, -0.1) is 0 Å². The van der Waals surface area contributed by atoms with E-state index < -0.39 is 34.3 Å². The van der Waals surface area contributed by atoms with Crippen LogP contribution in [0.1, 0.15) is 41.6 Å². The zero-order chi connectivity index (χ0) is 27.3. The minimum Gasteiger partial charge on any atom is -0.375 e. The number of hydrogen-bond donors (Lipinski definition) is 2. The monoisotopic (exact) mass is 542 g/mol. The fraction of sp³-hybridized carbons (Fsp3) is 0.250. The molecule has 1 amide bonds. The summed E-state index contributed by atoms with van der Waals surface area (Å²) in [4.78, 5) is 25.7. The number of benzene rings is 3. The summed E-state index contributed by atoms with van der Waals surface area (Å²) < 4.78 is 44.3. The number of halogens is 4. The van der Waals surface area contributed by atoms with Crippen molar-refractivity contribution in [1.82, 2.24) is 5.16 Å². The summed E-state index contributed by atoms with van der Waals surface area (Å²) in [5.74, 6) is -0.830. The van der Waals surface area contributed by atoms with Crippen LogP contribution in [-0.2, 0) is 22.0 Å². The van der Waals surface area contributed by atoms with Gasteiger partial charge in [-0.25, -0.2) is 4.79 Å². The van der Waals surface area contributed by atoms with Crippen molar-refractivity contribution in [2.45, 2.75) is 43.4 Å². The van der Waals surface area contributed by atoms with Gasteiger partial charge in [-0.3, -0.25) is 4.79 Å². The van der Waals surface area contributed by atoms with Crippen molar-refractivity contribution in [3.8, 4) is 0 Å². The van der Waals surface area contributed by atoms with Crippen LogP contribution >= 0.6 is 11.6 Å². The molecule has 10 heteroatoms. The summed E-state index contributed by atoms with van der Waals surface area (Å²) >= 11 is 6.44. The molecular weight excluding hydrogens is 521 g/mol. The Morgan fingerprint density at radius 3 is 2.34 bits per heavy atom. The second kappa shape index (κ2) is 9.25. The lowest BCUT2D eigenvalue weighted by molar-refractivity contribution is -0.137. The molecule has 5 rings (SSSR count). The van der Waals surface area contributed by atoms with Crippen LogP contribution in [-0.4, -0.2) is 16.2 Å². The molecular formula is C28H22ClF3N2O4. The molecule has 3 aromatic carbocycles. The summed E-state index contributed by atoms with van der Waals surface area (Å²) in [6, 6.07) is 15.5. The van der Waals surface area contributed by atoms with E-state index in [-0.39, 0.29) is 23.1 Å². The number of aliphatic hydroxyl groups is 1. The number of nitrogens with zero attached hydrogens (tertiary/aromatic N) is 1. The maximum Gasteiger partial charge on any atom is 0.416 e. The Balaban J connectivity index is 1.55. The molecule has 0 spiro atoms. The topological polar surface area (TPSA) is 92.4 Å². The molecule has 1 aromatic heterocycles. The maximum atomic E-state index is 13.7. The molecule has 0 radical (unpaired) electrons. The molecule has 0 saturated heterocycles. The summed E-state index contributed by atoms with van der Waals surface area (Å²) in [5, 5.41) is 19.5. The molecule has 1 heterocycles. The lowest BCUT2D eigenvalue weighted by Crippen LogP contribution is -2.43. The smallest absolute Gasteiger partial charge is 0.375 e. The fourth-order valence-electron chi connectivity index (χ4n) is 4.86. The van der Waals surface area contributed by atoms with Gasteiger partial charge in [0.05, 0.1) is 16.6 Å². The highest BCUT2D eigenvalue weighted by Gasteiger charge is 2.54. The Kier molecular flexibility index (Phi) is 6.31. The van der Waals surface area contributed by atoms with E-state index in [0.717, 1.165) is 29.8 Å². The van der Waals surface area contributed by atoms with Gasteiger partial charge in [0, 0.05) is 21.5 Å². The highest BCUT2D eigenvalue weighted by atomic mass is 35.5. The summed E-state index contributed by atoms with van der Waals surface area (Å²) in [7, 11) is 0. The highest BCUT2D eigenvalue weighted by Crippen LogP contribution is 2.56. The second-order valence-electron chi connectivity index (χ2n) is 9.64. The SMILES string of the molecule is Cc1noc(=O)c2ccc(NC(=O)C(O)(CC3(c4ccccc4Cl)CC3)c3ccc(C(F)(F)F)cc3)cc12. The number of nitrogens with one attached hydrogen (secondary N) is 1. The normalized spacial score (nSPS) is 16.2. The van der Waals surface area contributed by atoms with E-state index in [4.69, 9.17) is 16.1 Å². The van der Waals surface area contributed by atoms with Gasteiger partial charge in [0.25, 0.3) is 5.91 Å². The van der Waals surface area contributed by atoms with Crippen LogP contribution in [0.4, 0.5) is 18.9 Å². The minimum absolute atomic E-state index is 0.0145. The number of hydrogen-bond acceptors (Lipinski definition) is 5. The Labute approximate surface area is 220 Å². The quantitative estimate of drug-likeness (QED) is 0.306. The van der Waals surface area contributed by atoms with Crippen molar-refractivity contribution >= 4 is 34.0 Å². The fourth-order valence-corrected chi connectivity index (χ4v) is 5.20. The molecule has 0 bridgehead atoms. The first kappa shape index (κ1) is 25.9. The van der Waals surface area contributed by atoms with Crippen molar-refractivity contribution in [3.63, 3.8) is 0 Å². The Morgan fingerprint density at radius 1 is 1.05 bits per heavy atom. The predicted octanol–water partition coefficient (Wildman–Crippen LogP) is 6.12. The molecule has 1 aliphatic rings. The molecule has 1 fully saturated rings. The number of carbonyl (C=O) groups excluding carboxylic acids is 1. The third kappa shape index (κ3) is 4.68. The van der Waals surface area contributed by atoms with E-state index >= 15 is 0 Å². The summed E-state index contributed by atoms with van der Waals surface area (Å²) in [5.41, 5.74) is -2.89. The van der Waals surface area contributed by atoms with Gasteiger partial charge in [0.1, 0.15) is 0 Å². The number of anilines is 1. The molecule has 1 saturated carbocycles. The minimum atomic E-state index is -4.57. The van der Waals surface area contributed by atoms with Crippen molar-refractivity contribution < 1.29 is 27.6 Å². The van der Waals surface area contributed by atoms with Gasteiger partial charge in [-0.05, 0) is 73.7 Å². The molecule has 2 N–H and O–H groups in total.